The molecule has 0 radical (unpaired) electrons. The normalized spacial score (nSPS) is 10.8. The zero-order valence-electron chi connectivity index (χ0n) is 12.9. The lowest BCUT2D eigenvalue weighted by atomic mass is 10.0. The summed E-state index contributed by atoms with van der Waals surface area (Å²) in [6.45, 7) is 2.11. The van der Waals surface area contributed by atoms with E-state index >= 15 is 0 Å². The number of nitrogens with zero attached hydrogens (tertiary/aromatic N) is 2. The molecule has 0 spiro atoms. The summed E-state index contributed by atoms with van der Waals surface area (Å²) in [6.07, 6.45) is 1.91. The summed E-state index contributed by atoms with van der Waals surface area (Å²) in [7, 11) is 0. The molecule has 0 aliphatic heterocycles. The minimum Gasteiger partial charge on any atom is -0.254 e. The van der Waals surface area contributed by atoms with E-state index in [9.17, 15) is 0 Å². The standard InChI is InChI=1S/C21H16N2/c1-15-7-2-5-10-18(15)19-11-6-12-20(23-19)21-13-16-8-3-4-9-17(16)14-22-21/h2-14H,1H3. The van der Waals surface area contributed by atoms with E-state index in [2.05, 4.69) is 42.2 Å². The lowest BCUT2D eigenvalue weighted by molar-refractivity contribution is 1.25. The van der Waals surface area contributed by atoms with Crippen molar-refractivity contribution in [1.29, 1.82) is 0 Å². The van der Waals surface area contributed by atoms with Gasteiger partial charge >= 0.3 is 0 Å². The lowest BCUT2D eigenvalue weighted by Crippen LogP contribution is -1.91. The first-order valence-electron chi connectivity index (χ1n) is 7.69. The number of rotatable bonds is 2. The highest BCUT2D eigenvalue weighted by Gasteiger charge is 2.07. The van der Waals surface area contributed by atoms with E-state index in [1.807, 2.05) is 48.7 Å². The van der Waals surface area contributed by atoms with Gasteiger partial charge in [-0.05, 0) is 36.1 Å². The Balaban J connectivity index is 1.83. The molecule has 0 saturated heterocycles. The van der Waals surface area contributed by atoms with E-state index in [4.69, 9.17) is 4.98 Å². The molecule has 110 valence electrons. The van der Waals surface area contributed by atoms with Crippen LogP contribution in [0.5, 0.6) is 0 Å². The summed E-state index contributed by atoms with van der Waals surface area (Å²) in [5.41, 5.74) is 5.17. The van der Waals surface area contributed by atoms with Crippen molar-refractivity contribution in [3.63, 3.8) is 0 Å². The number of benzene rings is 2. The van der Waals surface area contributed by atoms with Crippen LogP contribution in [0.4, 0.5) is 0 Å². The number of fused-ring (bicyclic) bond motifs is 1. The second kappa shape index (κ2) is 5.65. The SMILES string of the molecule is Cc1ccccc1-c1cccc(-c2cc3ccccc3cn2)n1. The number of aryl methyl sites for hydroxylation is 1. The molecule has 23 heavy (non-hydrogen) atoms. The summed E-state index contributed by atoms with van der Waals surface area (Å²) in [4.78, 5) is 9.39. The van der Waals surface area contributed by atoms with Gasteiger partial charge in [0.05, 0.1) is 17.1 Å². The van der Waals surface area contributed by atoms with E-state index in [1.165, 1.54) is 10.9 Å². The first kappa shape index (κ1) is 13.6. The van der Waals surface area contributed by atoms with Crippen LogP contribution < -0.4 is 0 Å². The molecule has 0 bridgehead atoms. The van der Waals surface area contributed by atoms with Crippen molar-refractivity contribution >= 4 is 10.8 Å². The number of pyridine rings is 2. The summed E-state index contributed by atoms with van der Waals surface area (Å²) in [5, 5.41) is 2.33. The maximum absolute atomic E-state index is 4.82. The van der Waals surface area contributed by atoms with Gasteiger partial charge in [-0.2, -0.15) is 0 Å². The highest BCUT2D eigenvalue weighted by Crippen LogP contribution is 2.25. The molecule has 0 unspecified atom stereocenters. The van der Waals surface area contributed by atoms with Crippen molar-refractivity contribution < 1.29 is 0 Å². The maximum Gasteiger partial charge on any atom is 0.0893 e. The second-order valence-electron chi connectivity index (χ2n) is 5.64. The van der Waals surface area contributed by atoms with Gasteiger partial charge in [0, 0.05) is 17.1 Å². The number of aromatic nitrogens is 2. The van der Waals surface area contributed by atoms with Crippen LogP contribution in [0.1, 0.15) is 5.56 Å². The van der Waals surface area contributed by atoms with Crippen LogP contribution in [0.3, 0.4) is 0 Å². The Morgan fingerprint density at radius 1 is 0.652 bits per heavy atom. The van der Waals surface area contributed by atoms with E-state index in [1.54, 1.807) is 0 Å². The lowest BCUT2D eigenvalue weighted by Gasteiger charge is -2.07. The van der Waals surface area contributed by atoms with Crippen LogP contribution in [-0.4, -0.2) is 9.97 Å². The van der Waals surface area contributed by atoms with Gasteiger partial charge in [-0.1, -0.05) is 54.6 Å². The summed E-state index contributed by atoms with van der Waals surface area (Å²) in [5.74, 6) is 0. The quantitative estimate of drug-likeness (QED) is 0.503. The van der Waals surface area contributed by atoms with Crippen molar-refractivity contribution in [2.24, 2.45) is 0 Å². The van der Waals surface area contributed by atoms with Crippen LogP contribution in [0, 0.1) is 6.92 Å². The molecule has 4 aromatic rings. The average molecular weight is 296 g/mol. The average Bonchev–Trinajstić information content (AvgIpc) is 2.62. The van der Waals surface area contributed by atoms with Crippen LogP contribution in [0.25, 0.3) is 33.4 Å². The Bertz CT molecular complexity index is 989. The smallest absolute Gasteiger partial charge is 0.0893 e. The molecule has 0 aliphatic rings. The van der Waals surface area contributed by atoms with Crippen LogP contribution in [0.2, 0.25) is 0 Å². The molecule has 0 atom stereocenters. The topological polar surface area (TPSA) is 25.8 Å². The summed E-state index contributed by atoms with van der Waals surface area (Å²) in [6, 6.07) is 24.8. The summed E-state index contributed by atoms with van der Waals surface area (Å²) >= 11 is 0. The molecular formula is C21H16N2. The molecule has 0 N–H and O–H groups in total. The fourth-order valence-electron chi connectivity index (χ4n) is 2.81. The van der Waals surface area contributed by atoms with Gasteiger partial charge in [-0.15, -0.1) is 0 Å². The molecule has 0 aliphatic carbocycles. The third-order valence-corrected chi connectivity index (χ3v) is 4.06. The minimum atomic E-state index is 0.900. The Kier molecular flexibility index (Phi) is 3.35. The van der Waals surface area contributed by atoms with Crippen molar-refractivity contribution in [3.05, 3.63) is 84.6 Å². The highest BCUT2D eigenvalue weighted by molar-refractivity contribution is 5.84. The van der Waals surface area contributed by atoms with E-state index in [-0.39, 0.29) is 0 Å². The van der Waals surface area contributed by atoms with Crippen molar-refractivity contribution in [1.82, 2.24) is 9.97 Å². The zero-order chi connectivity index (χ0) is 15.6. The molecule has 0 amide bonds. The van der Waals surface area contributed by atoms with Gasteiger partial charge in [0.2, 0.25) is 0 Å². The largest absolute Gasteiger partial charge is 0.254 e. The fourth-order valence-corrected chi connectivity index (χ4v) is 2.81. The third kappa shape index (κ3) is 2.59. The molecule has 0 fully saturated rings. The van der Waals surface area contributed by atoms with Gasteiger partial charge in [0.25, 0.3) is 0 Å². The van der Waals surface area contributed by atoms with Gasteiger partial charge in [-0.25, -0.2) is 4.98 Å². The first-order chi connectivity index (χ1) is 11.3. The number of hydrogen-bond donors (Lipinski definition) is 0. The van der Waals surface area contributed by atoms with E-state index in [0.29, 0.717) is 0 Å². The molecule has 2 heteroatoms. The predicted molar refractivity (Wildman–Crippen MR) is 95.1 cm³/mol. The van der Waals surface area contributed by atoms with Gasteiger partial charge in [-0.3, -0.25) is 4.98 Å². The van der Waals surface area contributed by atoms with Crippen LogP contribution >= 0.6 is 0 Å². The zero-order valence-corrected chi connectivity index (χ0v) is 12.9. The fraction of sp³-hybridized carbons (Fsp3) is 0.0476. The summed E-state index contributed by atoms with van der Waals surface area (Å²) < 4.78 is 0. The van der Waals surface area contributed by atoms with Crippen molar-refractivity contribution in [2.45, 2.75) is 6.92 Å². The van der Waals surface area contributed by atoms with E-state index in [0.717, 1.165) is 28.0 Å². The Hall–Kier alpha value is -3.00. The van der Waals surface area contributed by atoms with Crippen LogP contribution in [-0.2, 0) is 0 Å². The molecule has 2 aromatic carbocycles. The van der Waals surface area contributed by atoms with Gasteiger partial charge in [0.15, 0.2) is 0 Å². The molecule has 4 rings (SSSR count). The second-order valence-corrected chi connectivity index (χ2v) is 5.64. The minimum absolute atomic E-state index is 0.900. The Labute approximate surface area is 135 Å². The first-order valence-corrected chi connectivity index (χ1v) is 7.69. The van der Waals surface area contributed by atoms with Crippen molar-refractivity contribution in [3.8, 4) is 22.6 Å². The van der Waals surface area contributed by atoms with E-state index < -0.39 is 0 Å². The van der Waals surface area contributed by atoms with Gasteiger partial charge in [0.1, 0.15) is 0 Å². The predicted octanol–water partition coefficient (Wildman–Crippen LogP) is 5.27. The molecule has 2 heterocycles. The monoisotopic (exact) mass is 296 g/mol. The Morgan fingerprint density at radius 3 is 2.26 bits per heavy atom. The van der Waals surface area contributed by atoms with Crippen LogP contribution in [0.15, 0.2) is 79.0 Å². The number of hydrogen-bond acceptors (Lipinski definition) is 2. The maximum atomic E-state index is 4.82. The Morgan fingerprint density at radius 2 is 1.39 bits per heavy atom. The third-order valence-electron chi connectivity index (χ3n) is 4.06. The van der Waals surface area contributed by atoms with Gasteiger partial charge < -0.3 is 0 Å². The molecule has 2 nitrogen and oxygen atoms in total. The highest BCUT2D eigenvalue weighted by atomic mass is 14.8. The van der Waals surface area contributed by atoms with Crippen molar-refractivity contribution in [2.75, 3.05) is 0 Å². The molecular weight excluding hydrogens is 280 g/mol. The molecule has 2 aromatic heterocycles. The molecule has 0 saturated carbocycles.